The highest BCUT2D eigenvalue weighted by atomic mass is 19.1. The Hall–Kier alpha value is -5.48. The largest absolute Gasteiger partial charge is 0.497 e. The second-order valence-corrected chi connectivity index (χ2v) is 13.3. The second kappa shape index (κ2) is 10.8. The van der Waals surface area contributed by atoms with Gasteiger partial charge in [0.1, 0.15) is 23.1 Å². The minimum atomic E-state index is -1.05. The van der Waals surface area contributed by atoms with Gasteiger partial charge in [-0.3, -0.25) is 0 Å². The van der Waals surface area contributed by atoms with E-state index in [-0.39, 0.29) is 11.6 Å². The van der Waals surface area contributed by atoms with Crippen molar-refractivity contribution in [1.82, 2.24) is 0 Å². The number of benzene rings is 7. The molecule has 49 heavy (non-hydrogen) atoms. The number of rotatable bonds is 5. The summed E-state index contributed by atoms with van der Waals surface area (Å²) in [6.45, 7) is 4.34. The molecule has 0 bridgehead atoms. The number of hydrogen-bond donors (Lipinski definition) is 0. The second-order valence-electron chi connectivity index (χ2n) is 13.3. The third-order valence-electron chi connectivity index (χ3n) is 11.2. The van der Waals surface area contributed by atoms with Crippen LogP contribution in [0.3, 0.4) is 0 Å². The van der Waals surface area contributed by atoms with Crippen LogP contribution in [0.4, 0.5) is 8.78 Å². The molecule has 4 heteroatoms. The smallest absolute Gasteiger partial charge is 0.178 e. The Labute approximate surface area is 284 Å². The van der Waals surface area contributed by atoms with Crippen molar-refractivity contribution in [2.24, 2.45) is 0 Å². The molecule has 2 aliphatic rings. The lowest BCUT2D eigenvalue weighted by atomic mass is 9.71. The molecule has 240 valence electrons. The van der Waals surface area contributed by atoms with E-state index in [4.69, 9.17) is 9.47 Å². The van der Waals surface area contributed by atoms with Crippen molar-refractivity contribution < 1.29 is 18.3 Å². The highest BCUT2D eigenvalue weighted by molar-refractivity contribution is 6.09. The summed E-state index contributed by atoms with van der Waals surface area (Å²) in [4.78, 5) is 0. The Balaban J connectivity index is 1.37. The minimum absolute atomic E-state index is 0.254. The average Bonchev–Trinajstić information content (AvgIpc) is 3.44. The molecular formula is C45H34F2O2. The predicted octanol–water partition coefficient (Wildman–Crippen LogP) is 11.9. The molecule has 0 spiro atoms. The summed E-state index contributed by atoms with van der Waals surface area (Å²) in [7, 11) is 1.66. The Morgan fingerprint density at radius 3 is 2.12 bits per heavy atom. The third-order valence-corrected chi connectivity index (χ3v) is 11.2. The van der Waals surface area contributed by atoms with Crippen LogP contribution in [-0.2, 0) is 11.0 Å². The van der Waals surface area contributed by atoms with Gasteiger partial charge in [-0.2, -0.15) is 0 Å². The van der Waals surface area contributed by atoms with Gasteiger partial charge >= 0.3 is 0 Å². The first kappa shape index (κ1) is 29.6. The van der Waals surface area contributed by atoms with Gasteiger partial charge in [-0.05, 0) is 111 Å². The summed E-state index contributed by atoms with van der Waals surface area (Å²) in [6, 6.07) is 37.3. The van der Waals surface area contributed by atoms with E-state index in [0.717, 1.165) is 79.1 Å². The van der Waals surface area contributed by atoms with Gasteiger partial charge in [-0.15, -0.1) is 0 Å². The summed E-state index contributed by atoms with van der Waals surface area (Å²) in [6.07, 6.45) is 5.87. The molecule has 9 rings (SSSR count). The maximum Gasteiger partial charge on any atom is 0.178 e. The Morgan fingerprint density at radius 2 is 1.35 bits per heavy atom. The standard InChI is InChI=1S/C45H34F2O2/c1-4-44(5-2)40-26-32(47)17-21-36(40)41-35-20-16-31(46)25-39(35)43-37(42(41)44)22-23-45(49-43,29-14-18-33(48-3)19-15-29)30-13-12-28-11-10-27-8-6-7-9-34(27)38(28)24-30/h6-26H,4-5H2,1-3H3. The summed E-state index contributed by atoms with van der Waals surface area (Å²) in [5.41, 5.74) is 5.45. The van der Waals surface area contributed by atoms with E-state index in [1.165, 1.54) is 17.5 Å². The van der Waals surface area contributed by atoms with Crippen LogP contribution in [0.25, 0.3) is 49.5 Å². The zero-order valence-electron chi connectivity index (χ0n) is 27.6. The van der Waals surface area contributed by atoms with Crippen LogP contribution in [0.5, 0.6) is 11.5 Å². The Kier molecular flexibility index (Phi) is 6.51. The van der Waals surface area contributed by atoms with Gasteiger partial charge in [0.15, 0.2) is 5.60 Å². The first-order valence-electron chi connectivity index (χ1n) is 17.0. The molecule has 1 heterocycles. The van der Waals surface area contributed by atoms with Gasteiger partial charge in [-0.1, -0.05) is 92.7 Å². The first-order chi connectivity index (χ1) is 23.9. The van der Waals surface area contributed by atoms with Crippen molar-refractivity contribution in [3.63, 3.8) is 0 Å². The number of methoxy groups -OCH3 is 1. The van der Waals surface area contributed by atoms with Crippen LogP contribution < -0.4 is 9.47 Å². The summed E-state index contributed by atoms with van der Waals surface area (Å²) < 4.78 is 43.2. The lowest BCUT2D eigenvalue weighted by Gasteiger charge is -2.39. The van der Waals surface area contributed by atoms with Crippen molar-refractivity contribution in [2.75, 3.05) is 7.11 Å². The van der Waals surface area contributed by atoms with Crippen LogP contribution in [-0.4, -0.2) is 7.11 Å². The fourth-order valence-electron chi connectivity index (χ4n) is 8.69. The van der Waals surface area contributed by atoms with Crippen LogP contribution in [0.15, 0.2) is 121 Å². The van der Waals surface area contributed by atoms with E-state index < -0.39 is 11.0 Å². The zero-order valence-corrected chi connectivity index (χ0v) is 27.6. The predicted molar refractivity (Wildman–Crippen MR) is 196 cm³/mol. The van der Waals surface area contributed by atoms with Gasteiger partial charge in [0.05, 0.1) is 7.11 Å². The van der Waals surface area contributed by atoms with Crippen molar-refractivity contribution in [2.45, 2.75) is 37.7 Å². The first-order valence-corrected chi connectivity index (χ1v) is 17.0. The molecule has 0 radical (unpaired) electrons. The molecule has 0 fully saturated rings. The van der Waals surface area contributed by atoms with E-state index in [2.05, 4.69) is 80.6 Å². The van der Waals surface area contributed by atoms with E-state index >= 15 is 4.39 Å². The molecule has 0 saturated heterocycles. The van der Waals surface area contributed by atoms with Crippen molar-refractivity contribution >= 4 is 38.4 Å². The van der Waals surface area contributed by atoms with E-state index in [1.54, 1.807) is 19.2 Å². The maximum absolute atomic E-state index is 15.3. The number of halogens is 2. The summed E-state index contributed by atoms with van der Waals surface area (Å²) in [5.74, 6) is 0.782. The molecule has 1 atom stereocenters. The quantitative estimate of drug-likeness (QED) is 0.174. The number of fused-ring (bicyclic) bond motifs is 11. The third kappa shape index (κ3) is 4.10. The van der Waals surface area contributed by atoms with Gasteiger partial charge in [0, 0.05) is 27.5 Å². The zero-order chi connectivity index (χ0) is 33.5. The van der Waals surface area contributed by atoms with E-state index in [1.807, 2.05) is 36.4 Å². The highest BCUT2D eigenvalue weighted by Gasteiger charge is 2.47. The monoisotopic (exact) mass is 644 g/mol. The van der Waals surface area contributed by atoms with Gasteiger partial charge in [0.25, 0.3) is 0 Å². The molecule has 7 aromatic rings. The highest BCUT2D eigenvalue weighted by Crippen LogP contribution is 2.60. The molecule has 0 amide bonds. The summed E-state index contributed by atoms with van der Waals surface area (Å²) >= 11 is 0. The van der Waals surface area contributed by atoms with Gasteiger partial charge in [-0.25, -0.2) is 8.78 Å². The molecule has 1 unspecified atom stereocenters. The molecule has 0 aromatic heterocycles. The maximum atomic E-state index is 15.3. The molecule has 7 aromatic carbocycles. The Morgan fingerprint density at radius 1 is 0.653 bits per heavy atom. The fourth-order valence-corrected chi connectivity index (χ4v) is 8.69. The van der Waals surface area contributed by atoms with E-state index in [0.29, 0.717) is 11.1 Å². The van der Waals surface area contributed by atoms with Gasteiger partial charge < -0.3 is 9.47 Å². The Bertz CT molecular complexity index is 2510. The molecular weight excluding hydrogens is 610 g/mol. The van der Waals surface area contributed by atoms with Crippen LogP contribution in [0, 0.1) is 11.6 Å². The molecule has 1 aliphatic carbocycles. The fraction of sp³-hybridized carbons (Fsp3) is 0.156. The SMILES string of the molecule is CCC1(CC)c2cc(F)ccc2-c2c1c1c(c3cc(F)ccc23)OC(c2ccc(OC)cc2)(c2ccc3ccc4ccccc4c3c2)C=C1. The lowest BCUT2D eigenvalue weighted by molar-refractivity contribution is 0.163. The molecule has 1 aliphatic heterocycles. The minimum Gasteiger partial charge on any atom is -0.497 e. The topological polar surface area (TPSA) is 18.5 Å². The van der Waals surface area contributed by atoms with Crippen LogP contribution in [0.2, 0.25) is 0 Å². The van der Waals surface area contributed by atoms with Crippen molar-refractivity contribution in [3.8, 4) is 22.6 Å². The number of hydrogen-bond acceptors (Lipinski definition) is 2. The average molecular weight is 645 g/mol. The molecule has 2 nitrogen and oxygen atoms in total. The molecule has 0 N–H and O–H groups in total. The van der Waals surface area contributed by atoms with E-state index in [9.17, 15) is 4.39 Å². The molecule has 0 saturated carbocycles. The van der Waals surface area contributed by atoms with Crippen molar-refractivity contribution in [3.05, 3.63) is 161 Å². The lowest BCUT2D eigenvalue weighted by Crippen LogP contribution is -2.35. The summed E-state index contributed by atoms with van der Waals surface area (Å²) in [5, 5.41) is 6.19. The van der Waals surface area contributed by atoms with Gasteiger partial charge in [0.2, 0.25) is 0 Å². The van der Waals surface area contributed by atoms with Crippen LogP contribution in [0.1, 0.15) is 54.5 Å². The normalized spacial score (nSPS) is 17.2. The number of ether oxygens (including phenoxy) is 2. The van der Waals surface area contributed by atoms with Crippen LogP contribution >= 0.6 is 0 Å². The van der Waals surface area contributed by atoms with Crippen molar-refractivity contribution in [1.29, 1.82) is 0 Å².